The normalized spacial score (nSPS) is 12.1. The summed E-state index contributed by atoms with van der Waals surface area (Å²) in [6.07, 6.45) is 0. The predicted octanol–water partition coefficient (Wildman–Crippen LogP) is 8.32. The summed E-state index contributed by atoms with van der Waals surface area (Å²) in [7, 11) is 0. The van der Waals surface area contributed by atoms with Crippen LogP contribution in [0, 0.1) is 0 Å². The Balaban J connectivity index is 1.81. The molecule has 0 aliphatic heterocycles. The Kier molecular flexibility index (Phi) is 4.20. The SMILES string of the molecule is CC(C)c1cccc2c(-c3ccc4c(c3)c3ccccc3n4C(C)C)cccc12. The topological polar surface area (TPSA) is 4.93 Å². The van der Waals surface area contributed by atoms with Crippen LogP contribution in [0.2, 0.25) is 0 Å². The summed E-state index contributed by atoms with van der Waals surface area (Å²) in [5, 5.41) is 5.38. The van der Waals surface area contributed by atoms with Gasteiger partial charge in [0.2, 0.25) is 0 Å². The maximum Gasteiger partial charge on any atom is 0.0494 e. The minimum atomic E-state index is 0.425. The van der Waals surface area contributed by atoms with E-state index in [0.29, 0.717) is 12.0 Å². The van der Waals surface area contributed by atoms with E-state index in [0.717, 1.165) is 0 Å². The fourth-order valence-corrected chi connectivity index (χ4v) is 4.82. The van der Waals surface area contributed by atoms with E-state index in [2.05, 4.69) is 111 Å². The van der Waals surface area contributed by atoms with Crippen molar-refractivity contribution in [3.05, 3.63) is 84.4 Å². The average Bonchev–Trinajstić information content (AvgIpc) is 3.06. The molecule has 0 radical (unpaired) electrons. The quantitative estimate of drug-likeness (QED) is 0.298. The molecule has 0 bridgehead atoms. The first-order valence-electron chi connectivity index (χ1n) is 10.6. The third-order valence-corrected chi connectivity index (χ3v) is 6.12. The van der Waals surface area contributed by atoms with Crippen molar-refractivity contribution in [2.45, 2.75) is 39.7 Å². The highest BCUT2D eigenvalue weighted by Crippen LogP contribution is 2.37. The highest BCUT2D eigenvalue weighted by Gasteiger charge is 2.14. The smallest absolute Gasteiger partial charge is 0.0494 e. The van der Waals surface area contributed by atoms with Crippen LogP contribution in [-0.4, -0.2) is 4.57 Å². The minimum Gasteiger partial charge on any atom is -0.338 e. The number of rotatable bonds is 3. The van der Waals surface area contributed by atoms with Crippen LogP contribution in [0.5, 0.6) is 0 Å². The van der Waals surface area contributed by atoms with Gasteiger partial charge in [-0.2, -0.15) is 0 Å². The monoisotopic (exact) mass is 377 g/mol. The van der Waals surface area contributed by atoms with E-state index in [4.69, 9.17) is 0 Å². The van der Waals surface area contributed by atoms with E-state index in [1.165, 1.54) is 49.3 Å². The minimum absolute atomic E-state index is 0.425. The highest BCUT2D eigenvalue weighted by molar-refractivity contribution is 6.10. The van der Waals surface area contributed by atoms with Gasteiger partial charge in [0.15, 0.2) is 0 Å². The lowest BCUT2D eigenvalue weighted by atomic mass is 9.91. The standard InChI is InChI=1S/C28H27N/c1-18(2)21-10-7-13-24-22(11-8-12-23(21)24)20-15-16-28-26(17-20)25-9-5-6-14-27(25)29(28)19(3)4/h5-19H,1-4H3. The molecule has 4 aromatic carbocycles. The first-order chi connectivity index (χ1) is 14.1. The zero-order valence-electron chi connectivity index (χ0n) is 17.6. The second kappa shape index (κ2) is 6.77. The van der Waals surface area contributed by atoms with Crippen LogP contribution in [0.25, 0.3) is 43.7 Å². The van der Waals surface area contributed by atoms with Crippen molar-refractivity contribution in [3.8, 4) is 11.1 Å². The molecule has 0 aliphatic rings. The Morgan fingerprint density at radius 1 is 0.586 bits per heavy atom. The fourth-order valence-electron chi connectivity index (χ4n) is 4.82. The first-order valence-corrected chi connectivity index (χ1v) is 10.6. The Labute approximate surface area is 172 Å². The van der Waals surface area contributed by atoms with Crippen LogP contribution in [0.3, 0.4) is 0 Å². The first kappa shape index (κ1) is 18.0. The average molecular weight is 378 g/mol. The maximum atomic E-state index is 2.45. The largest absolute Gasteiger partial charge is 0.338 e. The molecule has 0 saturated carbocycles. The zero-order chi connectivity index (χ0) is 20.1. The summed E-state index contributed by atoms with van der Waals surface area (Å²) >= 11 is 0. The van der Waals surface area contributed by atoms with E-state index in [1.807, 2.05) is 0 Å². The Bertz CT molecular complexity index is 1350. The summed E-state index contributed by atoms with van der Waals surface area (Å²) in [6, 6.07) is 29.6. The number of benzene rings is 4. The molecule has 29 heavy (non-hydrogen) atoms. The molecule has 5 rings (SSSR count). The molecule has 1 heterocycles. The summed E-state index contributed by atoms with van der Waals surface area (Å²) in [5.41, 5.74) is 6.65. The van der Waals surface area contributed by atoms with Gasteiger partial charge in [-0.25, -0.2) is 0 Å². The lowest BCUT2D eigenvalue weighted by molar-refractivity contribution is 0.642. The number of fused-ring (bicyclic) bond motifs is 4. The van der Waals surface area contributed by atoms with Crippen LogP contribution >= 0.6 is 0 Å². The number of nitrogens with zero attached hydrogens (tertiary/aromatic N) is 1. The third kappa shape index (κ3) is 2.76. The zero-order valence-corrected chi connectivity index (χ0v) is 17.6. The highest BCUT2D eigenvalue weighted by atomic mass is 15.0. The van der Waals surface area contributed by atoms with Gasteiger partial charge in [0.05, 0.1) is 0 Å². The number of aromatic nitrogens is 1. The molecule has 1 nitrogen and oxygen atoms in total. The van der Waals surface area contributed by atoms with Gasteiger partial charge in [0.1, 0.15) is 0 Å². The van der Waals surface area contributed by atoms with Gasteiger partial charge in [-0.05, 0) is 65.4 Å². The maximum absolute atomic E-state index is 2.45. The van der Waals surface area contributed by atoms with E-state index in [9.17, 15) is 0 Å². The Hall–Kier alpha value is -3.06. The van der Waals surface area contributed by atoms with Crippen LogP contribution in [0.1, 0.15) is 45.2 Å². The van der Waals surface area contributed by atoms with Crippen molar-refractivity contribution >= 4 is 32.6 Å². The molecule has 0 unspecified atom stereocenters. The molecule has 5 aromatic rings. The lowest BCUT2D eigenvalue weighted by Crippen LogP contribution is -1.99. The molecule has 0 spiro atoms. The van der Waals surface area contributed by atoms with Crippen molar-refractivity contribution in [1.82, 2.24) is 4.57 Å². The van der Waals surface area contributed by atoms with Crippen molar-refractivity contribution in [2.24, 2.45) is 0 Å². The van der Waals surface area contributed by atoms with E-state index in [1.54, 1.807) is 0 Å². The van der Waals surface area contributed by atoms with Crippen molar-refractivity contribution in [1.29, 1.82) is 0 Å². The summed E-state index contributed by atoms with van der Waals surface area (Å²) in [4.78, 5) is 0. The fraction of sp³-hybridized carbons (Fsp3) is 0.214. The van der Waals surface area contributed by atoms with Crippen LogP contribution in [0.15, 0.2) is 78.9 Å². The second-order valence-electron chi connectivity index (χ2n) is 8.62. The summed E-state index contributed by atoms with van der Waals surface area (Å²) in [6.45, 7) is 9.07. The van der Waals surface area contributed by atoms with Crippen molar-refractivity contribution in [3.63, 3.8) is 0 Å². The summed E-state index contributed by atoms with van der Waals surface area (Å²) in [5.74, 6) is 0.514. The molecule has 0 fully saturated rings. The Morgan fingerprint density at radius 3 is 2.07 bits per heavy atom. The van der Waals surface area contributed by atoms with Gasteiger partial charge >= 0.3 is 0 Å². The van der Waals surface area contributed by atoms with Crippen molar-refractivity contribution < 1.29 is 0 Å². The van der Waals surface area contributed by atoms with E-state index < -0.39 is 0 Å². The Morgan fingerprint density at radius 2 is 1.28 bits per heavy atom. The molecule has 144 valence electrons. The van der Waals surface area contributed by atoms with Crippen molar-refractivity contribution in [2.75, 3.05) is 0 Å². The van der Waals surface area contributed by atoms with Gasteiger partial charge in [0.25, 0.3) is 0 Å². The lowest BCUT2D eigenvalue weighted by Gasteiger charge is -2.14. The van der Waals surface area contributed by atoms with Gasteiger partial charge in [-0.3, -0.25) is 0 Å². The number of hydrogen-bond donors (Lipinski definition) is 0. The van der Waals surface area contributed by atoms with Gasteiger partial charge in [0, 0.05) is 27.8 Å². The van der Waals surface area contributed by atoms with Crippen LogP contribution in [-0.2, 0) is 0 Å². The molecule has 0 atom stereocenters. The molecule has 1 aromatic heterocycles. The molecule has 1 heteroatoms. The molecular formula is C28H27N. The molecule has 0 saturated heterocycles. The molecule has 0 amide bonds. The van der Waals surface area contributed by atoms with Gasteiger partial charge < -0.3 is 4.57 Å². The second-order valence-corrected chi connectivity index (χ2v) is 8.62. The molecule has 0 N–H and O–H groups in total. The van der Waals surface area contributed by atoms with Crippen LogP contribution in [0.4, 0.5) is 0 Å². The van der Waals surface area contributed by atoms with E-state index in [-0.39, 0.29) is 0 Å². The number of hydrogen-bond acceptors (Lipinski definition) is 0. The third-order valence-electron chi connectivity index (χ3n) is 6.12. The van der Waals surface area contributed by atoms with Gasteiger partial charge in [-0.1, -0.05) is 74.5 Å². The van der Waals surface area contributed by atoms with Gasteiger partial charge in [-0.15, -0.1) is 0 Å². The number of para-hydroxylation sites is 1. The van der Waals surface area contributed by atoms with Crippen LogP contribution < -0.4 is 0 Å². The summed E-state index contributed by atoms with van der Waals surface area (Å²) < 4.78 is 2.45. The molecule has 0 aliphatic carbocycles. The molecular weight excluding hydrogens is 350 g/mol. The van der Waals surface area contributed by atoms with E-state index >= 15 is 0 Å². The predicted molar refractivity (Wildman–Crippen MR) is 127 cm³/mol.